The molecule has 3 aliphatic rings. The van der Waals surface area contributed by atoms with Crippen LogP contribution in [0.1, 0.15) is 47.1 Å². The van der Waals surface area contributed by atoms with Crippen LogP contribution >= 0.6 is 0 Å². The first-order valence-corrected chi connectivity index (χ1v) is 9.43. The number of rotatable bonds is 2. The van der Waals surface area contributed by atoms with Crippen molar-refractivity contribution in [1.82, 2.24) is 4.90 Å². The molecule has 0 spiro atoms. The second-order valence-electron chi connectivity index (χ2n) is 7.76. The molecule has 5 rings (SSSR count). The van der Waals surface area contributed by atoms with Crippen LogP contribution in [0.25, 0.3) is 0 Å². The van der Waals surface area contributed by atoms with Crippen molar-refractivity contribution in [2.24, 2.45) is 0 Å². The van der Waals surface area contributed by atoms with E-state index in [-0.39, 0.29) is 23.9 Å². The molecule has 2 heterocycles. The lowest BCUT2D eigenvalue weighted by atomic mass is 9.87. The van der Waals surface area contributed by atoms with E-state index in [1.807, 2.05) is 6.07 Å². The number of hydrogen-bond acceptors (Lipinski definition) is 3. The number of halogens is 1. The minimum absolute atomic E-state index is 0.0816. The molecule has 2 fully saturated rings. The molecule has 2 aliphatic heterocycles. The number of carbonyl (C=O) groups is 1. The van der Waals surface area contributed by atoms with Crippen LogP contribution in [0.2, 0.25) is 0 Å². The van der Waals surface area contributed by atoms with Crippen molar-refractivity contribution in [2.45, 2.75) is 37.4 Å². The average Bonchev–Trinajstić information content (AvgIpc) is 3.20. The number of benzene rings is 2. The van der Waals surface area contributed by atoms with Crippen LogP contribution in [0.4, 0.5) is 4.39 Å². The second kappa shape index (κ2) is 6.29. The van der Waals surface area contributed by atoms with Gasteiger partial charge in [0.1, 0.15) is 11.6 Å². The molecule has 3 unspecified atom stereocenters. The van der Waals surface area contributed by atoms with Crippen molar-refractivity contribution >= 4 is 5.78 Å². The Kier molecular flexibility index (Phi) is 3.91. The van der Waals surface area contributed by atoms with Crippen LogP contribution in [0.5, 0.6) is 0 Å². The Hall–Kier alpha value is -2.04. The number of fused-ring (bicyclic) bond motifs is 5. The molecule has 1 aliphatic carbocycles. The van der Waals surface area contributed by atoms with Crippen molar-refractivity contribution in [1.29, 1.82) is 0 Å². The average molecular weight is 351 g/mol. The normalized spacial score (nSPS) is 27.7. The lowest BCUT2D eigenvalue weighted by Crippen LogP contribution is -2.30. The van der Waals surface area contributed by atoms with E-state index in [9.17, 15) is 9.18 Å². The predicted molar refractivity (Wildman–Crippen MR) is 96.7 cm³/mol. The third-order valence-corrected chi connectivity index (χ3v) is 6.04. The molecule has 26 heavy (non-hydrogen) atoms. The maximum Gasteiger partial charge on any atom is 0.148 e. The Morgan fingerprint density at radius 3 is 2.81 bits per heavy atom. The molecule has 3 atom stereocenters. The summed E-state index contributed by atoms with van der Waals surface area (Å²) in [7, 11) is 0. The van der Waals surface area contributed by atoms with Gasteiger partial charge in [-0.25, -0.2) is 4.39 Å². The largest absolute Gasteiger partial charge is 0.368 e. The number of nitrogens with zero attached hydrogens (tertiary/aromatic N) is 1. The first-order valence-electron chi connectivity index (χ1n) is 9.43. The van der Waals surface area contributed by atoms with Gasteiger partial charge in [0.05, 0.1) is 18.8 Å². The summed E-state index contributed by atoms with van der Waals surface area (Å²) in [5, 5.41) is 0. The van der Waals surface area contributed by atoms with Crippen molar-refractivity contribution < 1.29 is 13.9 Å². The maximum absolute atomic E-state index is 14.0. The summed E-state index contributed by atoms with van der Waals surface area (Å²) < 4.78 is 20.4. The summed E-state index contributed by atoms with van der Waals surface area (Å²) in [5.74, 6) is 0.359. The SMILES string of the molecule is O=C1CCN(CC2CC3c4ccccc4Cc4ccc(F)cc4C3O2)C1. The lowest BCUT2D eigenvalue weighted by Gasteiger charge is -2.21. The molecule has 4 heteroatoms. The van der Waals surface area contributed by atoms with Gasteiger partial charge < -0.3 is 4.74 Å². The topological polar surface area (TPSA) is 29.5 Å². The van der Waals surface area contributed by atoms with Crippen LogP contribution in [0, 0.1) is 5.82 Å². The monoisotopic (exact) mass is 351 g/mol. The van der Waals surface area contributed by atoms with Crippen molar-refractivity contribution in [3.63, 3.8) is 0 Å². The van der Waals surface area contributed by atoms with E-state index in [1.54, 1.807) is 12.1 Å². The van der Waals surface area contributed by atoms with Crippen molar-refractivity contribution in [3.8, 4) is 0 Å². The van der Waals surface area contributed by atoms with E-state index in [2.05, 4.69) is 29.2 Å². The quantitative estimate of drug-likeness (QED) is 0.828. The van der Waals surface area contributed by atoms with Gasteiger partial charge in [0.2, 0.25) is 0 Å². The van der Waals surface area contributed by atoms with Gasteiger partial charge in [0, 0.05) is 25.4 Å². The third kappa shape index (κ3) is 2.78. The number of ketones is 1. The summed E-state index contributed by atoms with van der Waals surface area (Å²) in [4.78, 5) is 13.8. The molecule has 3 nitrogen and oxygen atoms in total. The van der Waals surface area contributed by atoms with Crippen LogP contribution in [0.3, 0.4) is 0 Å². The van der Waals surface area contributed by atoms with Gasteiger partial charge in [-0.15, -0.1) is 0 Å². The number of carbonyl (C=O) groups excluding carboxylic acids is 1. The summed E-state index contributed by atoms with van der Waals surface area (Å²) in [6.45, 7) is 2.15. The second-order valence-corrected chi connectivity index (χ2v) is 7.76. The smallest absolute Gasteiger partial charge is 0.148 e. The van der Waals surface area contributed by atoms with E-state index < -0.39 is 0 Å². The fraction of sp³-hybridized carbons (Fsp3) is 0.409. The molecule has 0 saturated carbocycles. The Labute approximate surface area is 152 Å². The minimum Gasteiger partial charge on any atom is -0.368 e. The summed E-state index contributed by atoms with van der Waals surface area (Å²) in [5.41, 5.74) is 4.79. The van der Waals surface area contributed by atoms with Crippen LogP contribution in [0.15, 0.2) is 42.5 Å². The zero-order valence-corrected chi connectivity index (χ0v) is 14.7. The highest BCUT2D eigenvalue weighted by atomic mass is 19.1. The molecule has 2 aromatic carbocycles. The zero-order chi connectivity index (χ0) is 17.7. The zero-order valence-electron chi connectivity index (χ0n) is 14.7. The highest BCUT2D eigenvalue weighted by molar-refractivity contribution is 5.82. The number of ether oxygens (including phenoxy) is 1. The molecule has 0 bridgehead atoms. The van der Waals surface area contributed by atoms with Crippen LogP contribution in [-0.2, 0) is 16.0 Å². The molecule has 2 aromatic rings. The molecular formula is C22H22FNO2. The van der Waals surface area contributed by atoms with Gasteiger partial charge in [-0.3, -0.25) is 9.69 Å². The van der Waals surface area contributed by atoms with Crippen molar-refractivity contribution in [2.75, 3.05) is 19.6 Å². The standard InChI is InChI=1S/C22H22FNO2/c23-16-6-5-15-9-14-3-1-2-4-19(14)21-11-18(26-22(21)20(15)10-16)13-24-8-7-17(25)12-24/h1-6,10,18,21-22H,7-9,11-13H2. The molecule has 0 N–H and O–H groups in total. The van der Waals surface area contributed by atoms with Gasteiger partial charge in [-0.05, 0) is 47.2 Å². The minimum atomic E-state index is -0.203. The number of likely N-dealkylation sites (tertiary alicyclic amines) is 1. The van der Waals surface area contributed by atoms with E-state index >= 15 is 0 Å². The Morgan fingerprint density at radius 1 is 1.12 bits per heavy atom. The van der Waals surface area contributed by atoms with Crippen molar-refractivity contribution in [3.05, 3.63) is 70.5 Å². The van der Waals surface area contributed by atoms with E-state index in [4.69, 9.17) is 4.74 Å². The first kappa shape index (κ1) is 16.2. The number of Topliss-reactive ketones (excluding diaryl/α,β-unsaturated/α-hetero) is 1. The Morgan fingerprint density at radius 2 is 1.96 bits per heavy atom. The first-order chi connectivity index (χ1) is 12.7. The maximum atomic E-state index is 14.0. The highest BCUT2D eigenvalue weighted by Crippen LogP contribution is 2.49. The van der Waals surface area contributed by atoms with E-state index in [0.717, 1.165) is 37.1 Å². The summed E-state index contributed by atoms with van der Waals surface area (Å²) in [6.07, 6.45) is 2.37. The Balaban J connectivity index is 1.50. The molecule has 2 saturated heterocycles. The molecule has 134 valence electrons. The molecule has 0 radical (unpaired) electrons. The highest BCUT2D eigenvalue weighted by Gasteiger charge is 2.41. The predicted octanol–water partition coefficient (Wildman–Crippen LogP) is 3.62. The third-order valence-electron chi connectivity index (χ3n) is 6.04. The van der Waals surface area contributed by atoms with Gasteiger partial charge in [0.15, 0.2) is 0 Å². The van der Waals surface area contributed by atoms with Crippen LogP contribution in [-0.4, -0.2) is 36.4 Å². The molecule has 0 amide bonds. The van der Waals surface area contributed by atoms with E-state index in [0.29, 0.717) is 18.7 Å². The molecule has 0 aromatic heterocycles. The van der Waals surface area contributed by atoms with Crippen LogP contribution < -0.4 is 0 Å². The van der Waals surface area contributed by atoms with Gasteiger partial charge in [-0.1, -0.05) is 30.3 Å². The van der Waals surface area contributed by atoms with E-state index in [1.165, 1.54) is 11.1 Å². The van der Waals surface area contributed by atoms with Gasteiger partial charge in [-0.2, -0.15) is 0 Å². The van der Waals surface area contributed by atoms with Gasteiger partial charge >= 0.3 is 0 Å². The fourth-order valence-electron chi connectivity index (χ4n) is 4.85. The summed E-state index contributed by atoms with van der Waals surface area (Å²) >= 11 is 0. The molecular weight excluding hydrogens is 329 g/mol. The summed E-state index contributed by atoms with van der Waals surface area (Å²) in [6, 6.07) is 13.6. The lowest BCUT2D eigenvalue weighted by molar-refractivity contribution is -0.117. The van der Waals surface area contributed by atoms with Gasteiger partial charge in [0.25, 0.3) is 0 Å². The number of hydrogen-bond donors (Lipinski definition) is 0. The Bertz CT molecular complexity index is 865. The fourth-order valence-corrected chi connectivity index (χ4v) is 4.85.